The molecule has 0 saturated carbocycles. The van der Waals surface area contributed by atoms with E-state index < -0.39 is 17.8 Å². The predicted molar refractivity (Wildman–Crippen MR) is 125 cm³/mol. The molecule has 0 bridgehead atoms. The van der Waals surface area contributed by atoms with Gasteiger partial charge in [0.15, 0.2) is 12.4 Å². The summed E-state index contributed by atoms with van der Waals surface area (Å²) in [6.07, 6.45) is 1.61. The fraction of sp³-hybridized carbons (Fsp3) is 0.304. The molecule has 3 aromatic rings. The van der Waals surface area contributed by atoms with Crippen molar-refractivity contribution < 1.29 is 23.9 Å². The van der Waals surface area contributed by atoms with Crippen molar-refractivity contribution in [3.8, 4) is 5.75 Å². The van der Waals surface area contributed by atoms with Gasteiger partial charge in [-0.2, -0.15) is 5.10 Å². The van der Waals surface area contributed by atoms with Crippen molar-refractivity contribution in [1.82, 2.24) is 9.78 Å². The molecule has 1 aromatic carbocycles. The van der Waals surface area contributed by atoms with E-state index in [4.69, 9.17) is 15.2 Å². The highest BCUT2D eigenvalue weighted by Gasteiger charge is 2.26. The number of ether oxygens (including phenoxy) is 2. The van der Waals surface area contributed by atoms with Crippen LogP contribution < -0.4 is 15.8 Å². The van der Waals surface area contributed by atoms with Crippen LogP contribution in [0.25, 0.3) is 0 Å². The summed E-state index contributed by atoms with van der Waals surface area (Å²) in [4.78, 5) is 37.0. The van der Waals surface area contributed by atoms with Crippen LogP contribution in [0, 0.1) is 6.92 Å². The molecule has 2 aromatic heterocycles. The third-order valence-corrected chi connectivity index (χ3v) is 6.08. The van der Waals surface area contributed by atoms with Crippen LogP contribution in [0.5, 0.6) is 5.75 Å². The average Bonchev–Trinajstić information content (AvgIpc) is 3.37. The zero-order chi connectivity index (χ0) is 24.1. The fourth-order valence-corrected chi connectivity index (χ4v) is 4.14. The molecular weight excluding hydrogens is 444 g/mol. The molecule has 2 amide bonds. The molecule has 0 atom stereocenters. The zero-order valence-electron chi connectivity index (χ0n) is 18.9. The van der Waals surface area contributed by atoms with Crippen LogP contribution in [0.3, 0.4) is 0 Å². The number of hydrogen-bond acceptors (Lipinski definition) is 7. The third kappa shape index (κ3) is 5.58. The van der Waals surface area contributed by atoms with Crippen LogP contribution in [-0.4, -0.2) is 34.2 Å². The van der Waals surface area contributed by atoms with Crippen LogP contribution in [-0.2, 0) is 11.5 Å². The number of carbonyl (C=O) groups excluding carboxylic acids is 3. The lowest BCUT2D eigenvalue weighted by Crippen LogP contribution is -2.16. The molecule has 0 spiro atoms. The van der Waals surface area contributed by atoms with Crippen LogP contribution in [0.1, 0.15) is 68.3 Å². The number of nitrogens with two attached hydrogens (primary N) is 1. The Balaban J connectivity index is 1.71. The molecule has 174 valence electrons. The Hall–Kier alpha value is -3.66. The van der Waals surface area contributed by atoms with Gasteiger partial charge in [0.1, 0.15) is 10.8 Å². The van der Waals surface area contributed by atoms with E-state index >= 15 is 0 Å². The highest BCUT2D eigenvalue weighted by atomic mass is 32.1. The molecule has 0 radical (unpaired) electrons. The summed E-state index contributed by atoms with van der Waals surface area (Å²) in [6.45, 7) is 7.75. The van der Waals surface area contributed by atoms with E-state index in [1.165, 1.54) is 16.3 Å². The summed E-state index contributed by atoms with van der Waals surface area (Å²) in [5.41, 5.74) is 7.20. The Morgan fingerprint density at radius 3 is 2.48 bits per heavy atom. The van der Waals surface area contributed by atoms with Gasteiger partial charge >= 0.3 is 5.97 Å². The lowest BCUT2D eigenvalue weighted by Gasteiger charge is -2.09. The second-order valence-corrected chi connectivity index (χ2v) is 8.56. The van der Waals surface area contributed by atoms with E-state index in [0.717, 1.165) is 11.3 Å². The number of amides is 2. The smallest absolute Gasteiger partial charge is 0.341 e. The van der Waals surface area contributed by atoms with Crippen molar-refractivity contribution in [2.45, 2.75) is 40.3 Å². The van der Waals surface area contributed by atoms with Gasteiger partial charge in [-0.25, -0.2) is 9.48 Å². The van der Waals surface area contributed by atoms with Crippen LogP contribution in [0.15, 0.2) is 36.5 Å². The number of aromatic nitrogens is 2. The largest absolute Gasteiger partial charge is 0.471 e. The second kappa shape index (κ2) is 10.3. The van der Waals surface area contributed by atoms with Crippen molar-refractivity contribution >= 4 is 34.1 Å². The first kappa shape index (κ1) is 24.0. The quantitative estimate of drug-likeness (QED) is 0.456. The summed E-state index contributed by atoms with van der Waals surface area (Å²) in [5.74, 6) is -0.754. The lowest BCUT2D eigenvalue weighted by atomic mass is 10.0. The Kier molecular flexibility index (Phi) is 7.49. The van der Waals surface area contributed by atoms with Crippen molar-refractivity contribution in [3.05, 3.63) is 63.8 Å². The maximum Gasteiger partial charge on any atom is 0.341 e. The topological polar surface area (TPSA) is 126 Å². The van der Waals surface area contributed by atoms with Gasteiger partial charge in [0.2, 0.25) is 0 Å². The molecule has 0 aliphatic heterocycles. The molecule has 2 heterocycles. The number of anilines is 1. The van der Waals surface area contributed by atoms with Crippen LogP contribution in [0.2, 0.25) is 0 Å². The molecule has 10 heteroatoms. The van der Waals surface area contributed by atoms with Gasteiger partial charge in [0.25, 0.3) is 11.8 Å². The molecule has 0 unspecified atom stereocenters. The molecule has 3 rings (SSSR count). The zero-order valence-corrected chi connectivity index (χ0v) is 19.7. The van der Waals surface area contributed by atoms with Crippen LogP contribution >= 0.6 is 11.3 Å². The molecule has 0 saturated heterocycles. The first-order chi connectivity index (χ1) is 15.7. The highest BCUT2D eigenvalue weighted by molar-refractivity contribution is 7.18. The number of hydrogen-bond donors (Lipinski definition) is 2. The number of rotatable bonds is 9. The van der Waals surface area contributed by atoms with Crippen molar-refractivity contribution in [2.24, 2.45) is 5.73 Å². The molecule has 33 heavy (non-hydrogen) atoms. The minimum atomic E-state index is -0.689. The SMILES string of the molecule is CCOC(=O)c1c(NC(=O)c2ccn(COc3ccc(C(C)C)cc3)n2)sc(C(N)=O)c1C. The summed E-state index contributed by atoms with van der Waals surface area (Å²) in [6, 6.07) is 9.32. The van der Waals surface area contributed by atoms with E-state index in [2.05, 4.69) is 24.3 Å². The van der Waals surface area contributed by atoms with Gasteiger partial charge in [-0.05, 0) is 49.1 Å². The Morgan fingerprint density at radius 1 is 1.18 bits per heavy atom. The van der Waals surface area contributed by atoms with Gasteiger partial charge in [-0.3, -0.25) is 9.59 Å². The third-order valence-electron chi connectivity index (χ3n) is 4.86. The maximum absolute atomic E-state index is 12.7. The van der Waals surface area contributed by atoms with Gasteiger partial charge in [0.05, 0.1) is 17.0 Å². The molecule has 9 nitrogen and oxygen atoms in total. The number of nitrogens with zero attached hydrogens (tertiary/aromatic N) is 2. The van der Waals surface area contributed by atoms with Crippen molar-refractivity contribution in [1.29, 1.82) is 0 Å². The second-order valence-electron chi connectivity index (χ2n) is 7.54. The molecule has 0 fully saturated rings. The number of thiophene rings is 1. The van der Waals surface area contributed by atoms with Crippen molar-refractivity contribution in [2.75, 3.05) is 11.9 Å². The lowest BCUT2D eigenvalue weighted by molar-refractivity contribution is 0.0527. The Labute approximate surface area is 195 Å². The Morgan fingerprint density at radius 2 is 1.88 bits per heavy atom. The van der Waals surface area contributed by atoms with Crippen LogP contribution in [0.4, 0.5) is 5.00 Å². The minimum absolute atomic E-state index is 0.108. The first-order valence-corrected chi connectivity index (χ1v) is 11.2. The van der Waals surface area contributed by atoms with Gasteiger partial charge < -0.3 is 20.5 Å². The summed E-state index contributed by atoms with van der Waals surface area (Å²) < 4.78 is 12.3. The van der Waals surface area contributed by atoms with E-state index in [1.54, 1.807) is 20.0 Å². The predicted octanol–water partition coefficient (Wildman–Crippen LogP) is 3.94. The fourth-order valence-electron chi connectivity index (χ4n) is 3.10. The number of primary amides is 1. The number of esters is 1. The van der Waals surface area contributed by atoms with Crippen molar-refractivity contribution in [3.63, 3.8) is 0 Å². The first-order valence-electron chi connectivity index (χ1n) is 10.4. The number of carbonyl (C=O) groups is 3. The monoisotopic (exact) mass is 470 g/mol. The molecule has 3 N–H and O–H groups in total. The highest BCUT2D eigenvalue weighted by Crippen LogP contribution is 2.33. The maximum atomic E-state index is 12.7. The van der Waals surface area contributed by atoms with Gasteiger partial charge in [-0.15, -0.1) is 11.3 Å². The summed E-state index contributed by atoms with van der Waals surface area (Å²) in [7, 11) is 0. The standard InChI is InChI=1S/C23H26N4O5S/c1-5-31-23(30)18-14(4)19(20(24)28)33-22(18)25-21(29)17-10-11-27(26-17)12-32-16-8-6-15(7-9-16)13(2)3/h6-11,13H,5,12H2,1-4H3,(H2,24,28)(H,25,29). The summed E-state index contributed by atoms with van der Waals surface area (Å²) >= 11 is 0.922. The average molecular weight is 471 g/mol. The van der Waals surface area contributed by atoms with Gasteiger partial charge in [0, 0.05) is 6.20 Å². The Bertz CT molecular complexity index is 1160. The van der Waals surface area contributed by atoms with E-state index in [0.29, 0.717) is 17.2 Å². The molecule has 0 aliphatic rings. The molecule has 0 aliphatic carbocycles. The normalized spacial score (nSPS) is 10.8. The summed E-state index contributed by atoms with van der Waals surface area (Å²) in [5, 5.41) is 7.04. The minimum Gasteiger partial charge on any atom is -0.471 e. The van der Waals surface area contributed by atoms with E-state index in [1.807, 2.05) is 24.3 Å². The molecular formula is C23H26N4O5S. The van der Waals surface area contributed by atoms with E-state index in [-0.39, 0.29) is 34.5 Å². The number of nitrogens with one attached hydrogen (secondary N) is 1. The van der Waals surface area contributed by atoms with E-state index in [9.17, 15) is 14.4 Å². The van der Waals surface area contributed by atoms with Gasteiger partial charge in [-0.1, -0.05) is 26.0 Å². The number of benzene rings is 1.